The van der Waals surface area contributed by atoms with E-state index in [2.05, 4.69) is 58.9 Å². The molecule has 0 unspecified atom stereocenters. The fourth-order valence-electron chi connectivity index (χ4n) is 4.23. The van der Waals surface area contributed by atoms with Crippen LogP contribution in [0.3, 0.4) is 0 Å². The second kappa shape index (κ2) is 6.67. The van der Waals surface area contributed by atoms with Crippen LogP contribution in [-0.4, -0.2) is 11.1 Å². The molecule has 0 radical (unpaired) electrons. The molecule has 0 heterocycles. The van der Waals surface area contributed by atoms with Gasteiger partial charge in [0.1, 0.15) is 0 Å². The van der Waals surface area contributed by atoms with Crippen LogP contribution in [0.15, 0.2) is 42.5 Å². The van der Waals surface area contributed by atoms with E-state index in [9.17, 15) is 4.79 Å². The zero-order valence-electron chi connectivity index (χ0n) is 17.3. The Morgan fingerprint density at radius 3 is 2.19 bits per heavy atom. The Balaban J connectivity index is 2.16. The Labute approximate surface area is 162 Å². The second-order valence-corrected chi connectivity index (χ2v) is 9.23. The molecule has 2 nitrogen and oxygen atoms in total. The number of hydrogen-bond acceptors (Lipinski definition) is 1. The first-order valence-electron chi connectivity index (χ1n) is 9.69. The van der Waals surface area contributed by atoms with Gasteiger partial charge in [-0.25, -0.2) is 4.79 Å². The van der Waals surface area contributed by atoms with Crippen LogP contribution in [0.5, 0.6) is 0 Å². The van der Waals surface area contributed by atoms with Crippen LogP contribution in [0.25, 0.3) is 16.7 Å². The minimum Gasteiger partial charge on any atom is -0.478 e. The zero-order chi connectivity index (χ0) is 20.0. The van der Waals surface area contributed by atoms with Gasteiger partial charge in [0.05, 0.1) is 0 Å². The van der Waals surface area contributed by atoms with Crippen LogP contribution in [0.4, 0.5) is 0 Å². The van der Waals surface area contributed by atoms with Crippen LogP contribution in [0.2, 0.25) is 0 Å². The van der Waals surface area contributed by atoms with Gasteiger partial charge >= 0.3 is 5.97 Å². The molecule has 0 fully saturated rings. The van der Waals surface area contributed by atoms with Gasteiger partial charge < -0.3 is 5.11 Å². The van der Waals surface area contributed by atoms with Gasteiger partial charge in [-0.3, -0.25) is 0 Å². The zero-order valence-corrected chi connectivity index (χ0v) is 17.3. The summed E-state index contributed by atoms with van der Waals surface area (Å²) in [5.41, 5.74) is 8.67. The number of benzene rings is 2. The molecule has 27 heavy (non-hydrogen) atoms. The third-order valence-corrected chi connectivity index (χ3v) is 6.17. The number of carboxylic acids is 1. The maximum absolute atomic E-state index is 11.0. The summed E-state index contributed by atoms with van der Waals surface area (Å²) in [5.74, 6) is -0.910. The lowest BCUT2D eigenvalue weighted by Gasteiger charge is -2.42. The summed E-state index contributed by atoms with van der Waals surface area (Å²) in [6.45, 7) is 13.4. The van der Waals surface area contributed by atoms with Crippen molar-refractivity contribution in [2.75, 3.05) is 0 Å². The molecule has 2 aromatic rings. The topological polar surface area (TPSA) is 37.3 Å². The monoisotopic (exact) mass is 362 g/mol. The molecular formula is C25H30O2. The fourth-order valence-corrected chi connectivity index (χ4v) is 4.23. The van der Waals surface area contributed by atoms with E-state index in [4.69, 9.17) is 5.11 Å². The molecular weight excluding hydrogens is 332 g/mol. The van der Waals surface area contributed by atoms with E-state index in [0.717, 1.165) is 16.7 Å². The minimum atomic E-state index is -0.910. The van der Waals surface area contributed by atoms with Crippen molar-refractivity contribution in [3.05, 3.63) is 64.7 Å². The van der Waals surface area contributed by atoms with Gasteiger partial charge in [-0.2, -0.15) is 0 Å². The van der Waals surface area contributed by atoms with Crippen molar-refractivity contribution < 1.29 is 9.90 Å². The molecule has 3 rings (SSSR count). The lowest BCUT2D eigenvalue weighted by Crippen LogP contribution is -2.34. The summed E-state index contributed by atoms with van der Waals surface area (Å²) >= 11 is 0. The Morgan fingerprint density at radius 1 is 1.00 bits per heavy atom. The van der Waals surface area contributed by atoms with Gasteiger partial charge in [-0.1, -0.05) is 58.0 Å². The number of aliphatic carboxylic acids is 1. The van der Waals surface area contributed by atoms with Crippen molar-refractivity contribution in [3.63, 3.8) is 0 Å². The Bertz CT molecular complexity index is 929. The molecule has 0 saturated heterocycles. The lowest BCUT2D eigenvalue weighted by atomic mass is 9.62. The highest BCUT2D eigenvalue weighted by Gasteiger charge is 2.37. The second-order valence-electron chi connectivity index (χ2n) is 9.23. The molecule has 142 valence electrons. The van der Waals surface area contributed by atoms with E-state index in [1.54, 1.807) is 0 Å². The summed E-state index contributed by atoms with van der Waals surface area (Å²) in [5, 5.41) is 9.04. The van der Waals surface area contributed by atoms with Crippen molar-refractivity contribution in [2.45, 2.75) is 65.2 Å². The molecule has 1 aliphatic rings. The summed E-state index contributed by atoms with van der Waals surface area (Å²) in [4.78, 5) is 11.0. The highest BCUT2D eigenvalue weighted by Crippen LogP contribution is 2.47. The first-order chi connectivity index (χ1) is 12.5. The van der Waals surface area contributed by atoms with Crippen LogP contribution in [0, 0.1) is 6.92 Å². The molecule has 0 spiro atoms. The molecule has 2 heteroatoms. The molecule has 0 aromatic heterocycles. The van der Waals surface area contributed by atoms with Gasteiger partial charge in [0.25, 0.3) is 0 Å². The highest BCUT2D eigenvalue weighted by molar-refractivity contribution is 5.90. The number of carboxylic acid groups (broad SMARTS) is 1. The van der Waals surface area contributed by atoms with Crippen molar-refractivity contribution in [2.24, 2.45) is 0 Å². The number of rotatable bonds is 3. The number of hydrogen-bond donors (Lipinski definition) is 1. The highest BCUT2D eigenvalue weighted by atomic mass is 16.4. The van der Waals surface area contributed by atoms with E-state index in [0.29, 0.717) is 0 Å². The molecule has 1 N–H and O–H groups in total. The number of allylic oxidation sites excluding steroid dienone is 1. The Kier molecular flexibility index (Phi) is 4.80. The Hall–Kier alpha value is -2.35. The van der Waals surface area contributed by atoms with Gasteiger partial charge in [-0.15, -0.1) is 0 Å². The predicted octanol–water partition coefficient (Wildman–Crippen LogP) is 6.50. The van der Waals surface area contributed by atoms with Crippen LogP contribution >= 0.6 is 0 Å². The summed E-state index contributed by atoms with van der Waals surface area (Å²) < 4.78 is 0. The van der Waals surface area contributed by atoms with Crippen LogP contribution in [0.1, 0.15) is 69.7 Å². The third kappa shape index (κ3) is 3.71. The van der Waals surface area contributed by atoms with Gasteiger partial charge in [0.2, 0.25) is 0 Å². The largest absolute Gasteiger partial charge is 0.478 e. The standard InChI is InChI=1S/C25H30O2/c1-16(13-23(26)27)18-8-7-9-19(14-18)20-15-22-21(12-17(20)2)24(3,4)10-11-25(22,5)6/h7-9,12-15H,10-11H2,1-6H3,(H,26,27)/b16-13+. The molecule has 2 aromatic carbocycles. The number of aryl methyl sites for hydroxylation is 1. The van der Waals surface area contributed by atoms with Crippen molar-refractivity contribution in [1.29, 1.82) is 0 Å². The molecule has 0 amide bonds. The van der Waals surface area contributed by atoms with Gasteiger partial charge in [0.15, 0.2) is 0 Å². The molecule has 0 atom stereocenters. The molecule has 1 aliphatic carbocycles. The quantitative estimate of drug-likeness (QED) is 0.633. The normalized spacial score (nSPS) is 18.1. The number of carbonyl (C=O) groups is 1. The lowest BCUT2D eigenvalue weighted by molar-refractivity contribution is -0.131. The number of fused-ring (bicyclic) bond motifs is 1. The first-order valence-corrected chi connectivity index (χ1v) is 9.69. The van der Waals surface area contributed by atoms with Crippen molar-refractivity contribution in [3.8, 4) is 11.1 Å². The van der Waals surface area contributed by atoms with Crippen molar-refractivity contribution in [1.82, 2.24) is 0 Å². The van der Waals surface area contributed by atoms with E-state index in [-0.39, 0.29) is 10.8 Å². The van der Waals surface area contributed by atoms with Crippen LogP contribution in [-0.2, 0) is 15.6 Å². The summed E-state index contributed by atoms with van der Waals surface area (Å²) in [6, 6.07) is 13.0. The minimum absolute atomic E-state index is 0.171. The average Bonchev–Trinajstić information content (AvgIpc) is 2.58. The predicted molar refractivity (Wildman–Crippen MR) is 113 cm³/mol. The molecule has 0 bridgehead atoms. The van der Waals surface area contributed by atoms with E-state index >= 15 is 0 Å². The third-order valence-electron chi connectivity index (χ3n) is 6.17. The van der Waals surface area contributed by atoms with E-state index in [1.165, 1.54) is 41.2 Å². The average molecular weight is 363 g/mol. The molecule has 0 saturated carbocycles. The van der Waals surface area contributed by atoms with Crippen molar-refractivity contribution >= 4 is 11.5 Å². The fraction of sp³-hybridized carbons (Fsp3) is 0.400. The SMILES string of the molecule is C/C(=C\C(=O)O)c1cccc(-c2cc3c(cc2C)C(C)(C)CCC3(C)C)c1. The van der Waals surface area contributed by atoms with Crippen LogP contribution < -0.4 is 0 Å². The molecule has 0 aliphatic heterocycles. The van der Waals surface area contributed by atoms with E-state index < -0.39 is 5.97 Å². The summed E-state index contributed by atoms with van der Waals surface area (Å²) in [7, 11) is 0. The first kappa shape index (κ1) is 19.4. The maximum Gasteiger partial charge on any atom is 0.328 e. The Morgan fingerprint density at radius 2 is 1.59 bits per heavy atom. The van der Waals surface area contributed by atoms with E-state index in [1.807, 2.05) is 19.1 Å². The van der Waals surface area contributed by atoms with Gasteiger partial charge in [0, 0.05) is 6.08 Å². The maximum atomic E-state index is 11.0. The smallest absolute Gasteiger partial charge is 0.328 e. The summed E-state index contributed by atoms with van der Waals surface area (Å²) in [6.07, 6.45) is 3.67. The van der Waals surface area contributed by atoms with Gasteiger partial charge in [-0.05, 0) is 82.5 Å².